The molecule has 8 heteroatoms. The summed E-state index contributed by atoms with van der Waals surface area (Å²) in [4.78, 5) is 27.6. The highest BCUT2D eigenvalue weighted by Gasteiger charge is 2.07. The molecule has 2 aromatic rings. The fourth-order valence-corrected chi connectivity index (χ4v) is 3.46. The largest absolute Gasteiger partial charge is 0.496 e. The van der Waals surface area contributed by atoms with Crippen molar-refractivity contribution in [1.29, 1.82) is 0 Å². The number of hydrogen-bond donors (Lipinski definition) is 2. The van der Waals surface area contributed by atoms with Gasteiger partial charge in [-0.1, -0.05) is 56.8 Å². The van der Waals surface area contributed by atoms with Crippen LogP contribution in [0.4, 0.5) is 17.1 Å². The second kappa shape index (κ2) is 21.0. The molecule has 2 aromatic carbocycles. The average Bonchev–Trinajstić information content (AvgIpc) is 2.92. The lowest BCUT2D eigenvalue weighted by molar-refractivity contribution is -0.115. The molecule has 224 valence electrons. The Bertz CT molecular complexity index is 1190. The number of carbonyl (C=O) groups is 2. The molecule has 0 spiro atoms. The molecule has 0 saturated carbocycles. The number of allylic oxidation sites excluding steroid dienone is 2. The van der Waals surface area contributed by atoms with E-state index in [-0.39, 0.29) is 11.7 Å². The number of hydrogen-bond acceptors (Lipinski definition) is 5. The van der Waals surface area contributed by atoms with Crippen LogP contribution in [0.15, 0.2) is 83.5 Å². The molecule has 1 amide bonds. The maximum absolute atomic E-state index is 11.3. The molecule has 0 aliphatic rings. The molecule has 0 bridgehead atoms. The highest BCUT2D eigenvalue weighted by atomic mass is 35.5. The van der Waals surface area contributed by atoms with E-state index >= 15 is 0 Å². The third-order valence-corrected chi connectivity index (χ3v) is 5.49. The predicted octanol–water partition coefficient (Wildman–Crippen LogP) is 8.33. The Balaban J connectivity index is 0.000000708. The number of nitrogens with one attached hydrogen (secondary N) is 2. The number of ketones is 1. The van der Waals surface area contributed by atoms with Gasteiger partial charge in [-0.05, 0) is 83.4 Å². The first kappa shape index (κ1) is 37.2. The third kappa shape index (κ3) is 16.1. The summed E-state index contributed by atoms with van der Waals surface area (Å²) in [5.41, 5.74) is 4.48. The SMILES string of the molecule is C=CC(=O)Nc1cccc(N=C(NC(=C)C)/C(Cl)=C\C)c1.CC(C)=O.CCCN(CCC)c1ccc(C)c(OC)c1. The lowest BCUT2D eigenvalue weighted by Crippen LogP contribution is -2.24. The van der Waals surface area contributed by atoms with Crippen molar-refractivity contribution in [1.82, 2.24) is 5.32 Å². The van der Waals surface area contributed by atoms with E-state index in [0.29, 0.717) is 22.2 Å². The lowest BCUT2D eigenvalue weighted by atomic mass is 10.2. The molecule has 0 atom stereocenters. The molecule has 0 aromatic heterocycles. The third-order valence-electron chi connectivity index (χ3n) is 5.10. The van der Waals surface area contributed by atoms with Crippen molar-refractivity contribution >= 4 is 46.2 Å². The summed E-state index contributed by atoms with van der Waals surface area (Å²) < 4.78 is 5.37. The van der Waals surface area contributed by atoms with Crippen molar-refractivity contribution < 1.29 is 14.3 Å². The molecule has 41 heavy (non-hydrogen) atoms. The minimum atomic E-state index is -0.275. The molecule has 0 fully saturated rings. The normalized spacial score (nSPS) is 10.7. The highest BCUT2D eigenvalue weighted by Crippen LogP contribution is 2.25. The van der Waals surface area contributed by atoms with E-state index in [0.717, 1.165) is 24.5 Å². The van der Waals surface area contributed by atoms with Gasteiger partial charge in [0.25, 0.3) is 0 Å². The Hall–Kier alpha value is -3.84. The molecule has 0 unspecified atom stereocenters. The van der Waals surface area contributed by atoms with Crippen LogP contribution in [0.3, 0.4) is 0 Å². The number of rotatable bonds is 11. The summed E-state index contributed by atoms with van der Waals surface area (Å²) >= 11 is 6.12. The second-order valence-corrected chi connectivity index (χ2v) is 9.70. The number of benzene rings is 2. The second-order valence-electron chi connectivity index (χ2n) is 9.30. The monoisotopic (exact) mass is 582 g/mol. The first-order chi connectivity index (χ1) is 19.4. The van der Waals surface area contributed by atoms with Crippen LogP contribution in [0.2, 0.25) is 0 Å². The number of amides is 1. The number of aliphatic imine (C=N–C) groups is 1. The van der Waals surface area contributed by atoms with Gasteiger partial charge in [0, 0.05) is 36.2 Å². The van der Waals surface area contributed by atoms with Crippen molar-refractivity contribution in [3.05, 3.63) is 84.1 Å². The first-order valence-corrected chi connectivity index (χ1v) is 14.0. The van der Waals surface area contributed by atoms with Gasteiger partial charge in [0.1, 0.15) is 17.4 Å². The number of amidine groups is 1. The number of aryl methyl sites for hydroxylation is 1. The van der Waals surface area contributed by atoms with Gasteiger partial charge in [0.15, 0.2) is 0 Å². The van der Waals surface area contributed by atoms with Crippen LogP contribution in [0.1, 0.15) is 59.9 Å². The fraction of sp³-hybridized carbons (Fsp3) is 0.364. The molecule has 0 saturated heterocycles. The van der Waals surface area contributed by atoms with Crippen LogP contribution in [0.25, 0.3) is 0 Å². The zero-order chi connectivity index (χ0) is 31.4. The topological polar surface area (TPSA) is 83.0 Å². The molecule has 0 radical (unpaired) electrons. The summed E-state index contributed by atoms with van der Waals surface area (Å²) in [6.45, 7) is 22.6. The number of anilines is 2. The van der Waals surface area contributed by atoms with Crippen LogP contribution in [0.5, 0.6) is 5.75 Å². The van der Waals surface area contributed by atoms with E-state index in [1.165, 1.54) is 44.0 Å². The van der Waals surface area contributed by atoms with Gasteiger partial charge in [-0.15, -0.1) is 0 Å². The molecule has 0 heterocycles. The quantitative estimate of drug-likeness (QED) is 0.158. The highest BCUT2D eigenvalue weighted by molar-refractivity contribution is 6.43. The average molecular weight is 583 g/mol. The maximum Gasteiger partial charge on any atom is 0.247 e. The standard InChI is InChI=1S/C16H18ClN3O.C14H23NO.C3H6O/c1-5-14(17)16(18-11(3)4)20-13-9-7-8-12(10-13)19-15(21)6-2;1-5-9-15(10-6-2)13-8-7-12(3)14(11-13)16-4;1-3(2)4/h5-10H,2-3H2,1,4H3,(H,18,20)(H,19,21);7-8,11H,5-6,9-10H2,1-4H3;1-2H3/b14-5+;;. The Morgan fingerprint density at radius 3 is 2.17 bits per heavy atom. The Labute approximate surface area is 252 Å². The molecular formula is C33H47ClN4O3. The van der Waals surface area contributed by atoms with Crippen molar-refractivity contribution in [3.63, 3.8) is 0 Å². The summed E-state index contributed by atoms with van der Waals surface area (Å²) in [7, 11) is 1.73. The zero-order valence-electron chi connectivity index (χ0n) is 25.9. The molecular weight excluding hydrogens is 536 g/mol. The number of methoxy groups -OCH3 is 1. The van der Waals surface area contributed by atoms with Gasteiger partial charge in [-0.2, -0.15) is 0 Å². The zero-order valence-corrected chi connectivity index (χ0v) is 26.7. The number of carbonyl (C=O) groups excluding carboxylic acids is 2. The minimum Gasteiger partial charge on any atom is -0.496 e. The van der Waals surface area contributed by atoms with Gasteiger partial charge in [-0.25, -0.2) is 4.99 Å². The van der Waals surface area contributed by atoms with Crippen LogP contribution in [-0.2, 0) is 9.59 Å². The lowest BCUT2D eigenvalue weighted by Gasteiger charge is -2.24. The minimum absolute atomic E-state index is 0.167. The van der Waals surface area contributed by atoms with Crippen LogP contribution in [-0.4, -0.2) is 37.7 Å². The van der Waals surface area contributed by atoms with E-state index in [2.05, 4.69) is 72.7 Å². The molecule has 2 N–H and O–H groups in total. The van der Waals surface area contributed by atoms with Crippen LogP contribution >= 0.6 is 11.6 Å². The number of Topliss-reactive ketones (excluding diaryl/α,β-unsaturated/α-hetero) is 1. The molecule has 2 rings (SSSR count). The first-order valence-electron chi connectivity index (χ1n) is 13.7. The summed E-state index contributed by atoms with van der Waals surface area (Å²) in [6.07, 6.45) is 5.30. The Kier molecular flexibility index (Phi) is 19.0. The molecule has 7 nitrogen and oxygen atoms in total. The maximum atomic E-state index is 11.3. The van der Waals surface area contributed by atoms with E-state index in [9.17, 15) is 9.59 Å². The van der Waals surface area contributed by atoms with Gasteiger partial charge in [0.05, 0.1) is 17.8 Å². The molecule has 0 aliphatic carbocycles. The van der Waals surface area contributed by atoms with Crippen molar-refractivity contribution in [2.24, 2.45) is 4.99 Å². The van der Waals surface area contributed by atoms with Crippen molar-refractivity contribution in [2.75, 3.05) is 30.4 Å². The summed E-state index contributed by atoms with van der Waals surface area (Å²) in [5, 5.41) is 6.16. The summed E-state index contributed by atoms with van der Waals surface area (Å²) in [5.74, 6) is 1.37. The smallest absolute Gasteiger partial charge is 0.247 e. The van der Waals surface area contributed by atoms with E-state index in [4.69, 9.17) is 16.3 Å². The number of nitrogens with zero attached hydrogens (tertiary/aromatic N) is 2. The predicted molar refractivity (Wildman–Crippen MR) is 177 cm³/mol. The Morgan fingerprint density at radius 1 is 1.07 bits per heavy atom. The van der Waals surface area contributed by atoms with Gasteiger partial charge >= 0.3 is 0 Å². The van der Waals surface area contributed by atoms with Crippen LogP contribution in [0, 0.1) is 6.92 Å². The summed E-state index contributed by atoms with van der Waals surface area (Å²) in [6, 6.07) is 13.6. The fourth-order valence-electron chi connectivity index (χ4n) is 3.37. The van der Waals surface area contributed by atoms with Crippen molar-refractivity contribution in [2.45, 2.75) is 61.3 Å². The number of halogens is 1. The number of ether oxygens (including phenoxy) is 1. The van der Waals surface area contributed by atoms with Crippen molar-refractivity contribution in [3.8, 4) is 5.75 Å². The van der Waals surface area contributed by atoms with Gasteiger partial charge < -0.3 is 25.1 Å². The van der Waals surface area contributed by atoms with Gasteiger partial charge in [-0.3, -0.25) is 4.79 Å². The van der Waals surface area contributed by atoms with E-state index in [1.54, 1.807) is 31.4 Å². The van der Waals surface area contributed by atoms with Gasteiger partial charge in [0.2, 0.25) is 5.91 Å². The van der Waals surface area contributed by atoms with E-state index in [1.807, 2.05) is 19.9 Å². The van der Waals surface area contributed by atoms with Crippen LogP contribution < -0.4 is 20.3 Å². The molecule has 0 aliphatic heterocycles. The van der Waals surface area contributed by atoms with E-state index < -0.39 is 0 Å². The Morgan fingerprint density at radius 2 is 1.68 bits per heavy atom.